The van der Waals surface area contributed by atoms with Gasteiger partial charge in [0.1, 0.15) is 0 Å². The summed E-state index contributed by atoms with van der Waals surface area (Å²) in [6, 6.07) is 9.16. The Morgan fingerprint density at radius 1 is 0.850 bits per heavy atom. The first kappa shape index (κ1) is 15.3. The second kappa shape index (κ2) is 6.55. The summed E-state index contributed by atoms with van der Waals surface area (Å²) in [7, 11) is 0. The molecule has 20 heavy (non-hydrogen) atoms. The van der Waals surface area contributed by atoms with Gasteiger partial charge in [-0.25, -0.2) is 4.79 Å². The van der Waals surface area contributed by atoms with E-state index in [1.54, 1.807) is 30.3 Å². The third-order valence-corrected chi connectivity index (χ3v) is 3.56. The number of carbonyl (C=O) groups is 1. The molecule has 7 heteroatoms. The Morgan fingerprint density at radius 2 is 1.50 bits per heavy atom. The fourth-order valence-corrected chi connectivity index (χ4v) is 2.42. The fraction of sp³-hybridized carbons (Fsp3) is 0. The first-order valence-corrected chi connectivity index (χ1v) is 6.95. The lowest BCUT2D eigenvalue weighted by atomic mass is 10.3. The van der Waals surface area contributed by atoms with E-state index in [0.717, 1.165) is 0 Å². The van der Waals surface area contributed by atoms with Crippen LogP contribution < -0.4 is 10.6 Å². The van der Waals surface area contributed by atoms with E-state index in [4.69, 9.17) is 46.4 Å². The molecule has 104 valence electrons. The van der Waals surface area contributed by atoms with E-state index in [-0.39, 0.29) is 0 Å². The lowest BCUT2D eigenvalue weighted by Crippen LogP contribution is -2.20. The van der Waals surface area contributed by atoms with Crippen molar-refractivity contribution in [3.05, 3.63) is 56.5 Å². The number of carbonyl (C=O) groups excluding carboxylic acids is 1. The molecule has 0 aliphatic carbocycles. The molecule has 0 heterocycles. The largest absolute Gasteiger partial charge is 0.323 e. The highest BCUT2D eigenvalue weighted by Gasteiger charge is 2.11. The summed E-state index contributed by atoms with van der Waals surface area (Å²) in [6.07, 6.45) is 0. The van der Waals surface area contributed by atoms with Gasteiger partial charge < -0.3 is 10.6 Å². The molecular weight excluding hydrogens is 342 g/mol. The van der Waals surface area contributed by atoms with Crippen molar-refractivity contribution in [2.45, 2.75) is 0 Å². The number of anilines is 2. The molecule has 2 N–H and O–H groups in total. The van der Waals surface area contributed by atoms with Gasteiger partial charge in [0, 0.05) is 5.02 Å². The number of para-hydroxylation sites is 1. The van der Waals surface area contributed by atoms with Gasteiger partial charge in [-0.05, 0) is 30.3 Å². The van der Waals surface area contributed by atoms with Crippen LogP contribution in [0.2, 0.25) is 20.1 Å². The summed E-state index contributed by atoms with van der Waals surface area (Å²) in [6.45, 7) is 0. The number of urea groups is 1. The minimum Gasteiger partial charge on any atom is -0.306 e. The number of rotatable bonds is 2. The van der Waals surface area contributed by atoms with Gasteiger partial charge in [-0.3, -0.25) is 0 Å². The molecule has 0 atom stereocenters. The minimum atomic E-state index is -0.510. The Hall–Kier alpha value is -1.13. The van der Waals surface area contributed by atoms with Crippen LogP contribution in [0.4, 0.5) is 16.2 Å². The summed E-state index contributed by atoms with van der Waals surface area (Å²) in [5.74, 6) is 0. The van der Waals surface area contributed by atoms with Crippen molar-refractivity contribution >= 4 is 63.8 Å². The second-order valence-electron chi connectivity index (χ2n) is 3.80. The number of halogens is 4. The van der Waals surface area contributed by atoms with Gasteiger partial charge in [0.2, 0.25) is 0 Å². The molecular formula is C13H8Cl4N2O. The molecule has 0 saturated carbocycles. The number of amides is 2. The van der Waals surface area contributed by atoms with Crippen molar-refractivity contribution in [1.82, 2.24) is 0 Å². The normalized spacial score (nSPS) is 10.2. The summed E-state index contributed by atoms with van der Waals surface area (Å²) >= 11 is 23.7. The van der Waals surface area contributed by atoms with Gasteiger partial charge in [0.15, 0.2) is 0 Å². The molecule has 0 saturated heterocycles. The van der Waals surface area contributed by atoms with Crippen LogP contribution in [0, 0.1) is 0 Å². The first-order valence-electron chi connectivity index (χ1n) is 5.44. The van der Waals surface area contributed by atoms with Gasteiger partial charge >= 0.3 is 6.03 Å². The quantitative estimate of drug-likeness (QED) is 0.691. The van der Waals surface area contributed by atoms with Gasteiger partial charge in [-0.1, -0.05) is 52.5 Å². The van der Waals surface area contributed by atoms with Crippen LogP contribution in [0.25, 0.3) is 0 Å². The highest BCUT2D eigenvalue weighted by molar-refractivity contribution is 6.40. The molecule has 0 aliphatic rings. The smallest absolute Gasteiger partial charge is 0.306 e. The maximum absolute atomic E-state index is 11.9. The van der Waals surface area contributed by atoms with Gasteiger partial charge in [0.25, 0.3) is 0 Å². The molecule has 0 aliphatic heterocycles. The van der Waals surface area contributed by atoms with E-state index in [1.807, 2.05) is 0 Å². The highest BCUT2D eigenvalue weighted by Crippen LogP contribution is 2.30. The van der Waals surface area contributed by atoms with E-state index < -0.39 is 6.03 Å². The summed E-state index contributed by atoms with van der Waals surface area (Å²) in [5.41, 5.74) is 0.759. The molecule has 2 aromatic carbocycles. The van der Waals surface area contributed by atoms with Crippen LogP contribution in [0.15, 0.2) is 36.4 Å². The van der Waals surface area contributed by atoms with Crippen molar-refractivity contribution in [2.75, 3.05) is 10.6 Å². The Morgan fingerprint density at radius 3 is 2.10 bits per heavy atom. The van der Waals surface area contributed by atoms with Crippen LogP contribution in [0.5, 0.6) is 0 Å². The molecule has 3 nitrogen and oxygen atoms in total. The highest BCUT2D eigenvalue weighted by atomic mass is 35.5. The summed E-state index contributed by atoms with van der Waals surface area (Å²) in [5, 5.41) is 6.64. The van der Waals surface area contributed by atoms with Crippen molar-refractivity contribution in [3.8, 4) is 0 Å². The monoisotopic (exact) mass is 348 g/mol. The zero-order valence-corrected chi connectivity index (χ0v) is 12.9. The Kier molecular flexibility index (Phi) is 5.00. The molecule has 0 bridgehead atoms. The van der Waals surface area contributed by atoms with E-state index in [1.165, 1.54) is 6.07 Å². The van der Waals surface area contributed by atoms with E-state index in [0.29, 0.717) is 31.5 Å². The van der Waals surface area contributed by atoms with Crippen molar-refractivity contribution < 1.29 is 4.79 Å². The van der Waals surface area contributed by atoms with Crippen LogP contribution in [0.3, 0.4) is 0 Å². The SMILES string of the molecule is O=C(Nc1ccc(Cl)cc1Cl)Nc1c(Cl)cccc1Cl. The van der Waals surface area contributed by atoms with E-state index in [2.05, 4.69) is 10.6 Å². The number of hydrogen-bond acceptors (Lipinski definition) is 1. The minimum absolute atomic E-state index is 0.331. The molecule has 0 aromatic heterocycles. The second-order valence-corrected chi connectivity index (χ2v) is 5.46. The molecule has 0 fully saturated rings. The first-order chi connectivity index (χ1) is 9.47. The molecule has 2 amide bonds. The zero-order valence-electron chi connectivity index (χ0n) is 9.88. The van der Waals surface area contributed by atoms with Crippen molar-refractivity contribution in [3.63, 3.8) is 0 Å². The maximum atomic E-state index is 11.9. The Labute approximate surface area is 135 Å². The van der Waals surface area contributed by atoms with Gasteiger partial charge in [-0.15, -0.1) is 0 Å². The van der Waals surface area contributed by atoms with Gasteiger partial charge in [0.05, 0.1) is 26.4 Å². The van der Waals surface area contributed by atoms with Gasteiger partial charge in [-0.2, -0.15) is 0 Å². The van der Waals surface area contributed by atoms with Crippen LogP contribution >= 0.6 is 46.4 Å². The lowest BCUT2D eigenvalue weighted by molar-refractivity contribution is 0.262. The third-order valence-electron chi connectivity index (χ3n) is 2.38. The van der Waals surface area contributed by atoms with E-state index >= 15 is 0 Å². The van der Waals surface area contributed by atoms with Crippen LogP contribution in [0.1, 0.15) is 0 Å². The maximum Gasteiger partial charge on any atom is 0.323 e. The standard InChI is InChI=1S/C13H8Cl4N2O/c14-7-4-5-11(10(17)6-7)18-13(20)19-12-8(15)2-1-3-9(12)16/h1-6H,(H2,18,19,20). The Bertz CT molecular complexity index is 641. The molecule has 2 aromatic rings. The molecule has 0 unspecified atom stereocenters. The molecule has 2 rings (SSSR count). The number of nitrogens with one attached hydrogen (secondary N) is 2. The van der Waals surface area contributed by atoms with Crippen LogP contribution in [-0.2, 0) is 0 Å². The Balaban J connectivity index is 2.13. The average molecular weight is 350 g/mol. The zero-order chi connectivity index (χ0) is 14.7. The topological polar surface area (TPSA) is 41.1 Å². The van der Waals surface area contributed by atoms with Crippen molar-refractivity contribution in [2.24, 2.45) is 0 Å². The van der Waals surface area contributed by atoms with Crippen LogP contribution in [-0.4, -0.2) is 6.03 Å². The molecule has 0 radical (unpaired) electrons. The number of hydrogen-bond donors (Lipinski definition) is 2. The summed E-state index contributed by atoms with van der Waals surface area (Å²) < 4.78 is 0. The summed E-state index contributed by atoms with van der Waals surface area (Å²) in [4.78, 5) is 11.9. The predicted octanol–water partition coefficient (Wildman–Crippen LogP) is 5.94. The fourth-order valence-electron chi connectivity index (χ4n) is 1.48. The van der Waals surface area contributed by atoms with E-state index in [9.17, 15) is 4.79 Å². The average Bonchev–Trinajstić information content (AvgIpc) is 2.37. The van der Waals surface area contributed by atoms with Crippen molar-refractivity contribution in [1.29, 1.82) is 0 Å². The lowest BCUT2D eigenvalue weighted by Gasteiger charge is -2.11. The predicted molar refractivity (Wildman–Crippen MR) is 85.6 cm³/mol. The molecule has 0 spiro atoms. The number of benzene rings is 2. The third kappa shape index (κ3) is 3.70.